The molecule has 0 aliphatic heterocycles. The second kappa shape index (κ2) is 5.34. The molecule has 0 amide bonds. The number of hydrogen-bond donors (Lipinski definition) is 1. The van der Waals surface area contributed by atoms with E-state index >= 15 is 0 Å². The third-order valence-electron chi connectivity index (χ3n) is 4.05. The van der Waals surface area contributed by atoms with Gasteiger partial charge in [-0.25, -0.2) is 0 Å². The van der Waals surface area contributed by atoms with E-state index in [-0.39, 0.29) is 5.60 Å². The standard InChI is InChI=1S/C15H19N3O2/c1-19-15(7-2-3-8-15)14-17-13(20-18-14)12-6-4-5-11(9-12)10-16/h4-6,9H,2-3,7-8,10,16H2,1H3. The van der Waals surface area contributed by atoms with Crippen molar-refractivity contribution in [3.63, 3.8) is 0 Å². The summed E-state index contributed by atoms with van der Waals surface area (Å²) in [5, 5.41) is 4.13. The van der Waals surface area contributed by atoms with Crippen LogP contribution < -0.4 is 5.73 Å². The summed E-state index contributed by atoms with van der Waals surface area (Å²) in [5.74, 6) is 1.18. The van der Waals surface area contributed by atoms with Crippen LogP contribution in [0.5, 0.6) is 0 Å². The molecule has 1 saturated carbocycles. The van der Waals surface area contributed by atoms with Crippen molar-refractivity contribution in [1.82, 2.24) is 10.1 Å². The van der Waals surface area contributed by atoms with Crippen LogP contribution in [0, 0.1) is 0 Å². The van der Waals surface area contributed by atoms with Crippen LogP contribution >= 0.6 is 0 Å². The normalized spacial score (nSPS) is 17.5. The van der Waals surface area contributed by atoms with E-state index in [2.05, 4.69) is 10.1 Å². The lowest BCUT2D eigenvalue weighted by molar-refractivity contribution is -0.0178. The molecule has 1 aromatic carbocycles. The highest BCUT2D eigenvalue weighted by atomic mass is 16.5. The van der Waals surface area contributed by atoms with Crippen LogP contribution in [0.3, 0.4) is 0 Å². The molecule has 0 saturated heterocycles. The van der Waals surface area contributed by atoms with Crippen molar-refractivity contribution in [3.05, 3.63) is 35.7 Å². The Morgan fingerprint density at radius 3 is 2.85 bits per heavy atom. The Hall–Kier alpha value is -1.72. The lowest BCUT2D eigenvalue weighted by atomic mass is 10.0. The minimum Gasteiger partial charge on any atom is -0.370 e. The summed E-state index contributed by atoms with van der Waals surface area (Å²) < 4.78 is 11.1. The number of nitrogens with zero attached hydrogens (tertiary/aromatic N) is 2. The molecule has 2 aromatic rings. The molecule has 1 aliphatic rings. The second-order valence-corrected chi connectivity index (χ2v) is 5.23. The first-order chi connectivity index (χ1) is 9.77. The summed E-state index contributed by atoms with van der Waals surface area (Å²) in [6, 6.07) is 7.85. The van der Waals surface area contributed by atoms with E-state index in [9.17, 15) is 0 Å². The fourth-order valence-electron chi connectivity index (χ4n) is 2.82. The third kappa shape index (κ3) is 2.23. The van der Waals surface area contributed by atoms with Gasteiger partial charge in [0.1, 0.15) is 5.60 Å². The van der Waals surface area contributed by atoms with Crippen LogP contribution in [0.4, 0.5) is 0 Å². The zero-order valence-electron chi connectivity index (χ0n) is 11.6. The van der Waals surface area contributed by atoms with E-state index in [0.29, 0.717) is 18.3 Å². The summed E-state index contributed by atoms with van der Waals surface area (Å²) >= 11 is 0. The highest BCUT2D eigenvalue weighted by molar-refractivity contribution is 5.54. The van der Waals surface area contributed by atoms with Crippen molar-refractivity contribution in [2.45, 2.75) is 37.8 Å². The Bertz CT molecular complexity index is 588. The van der Waals surface area contributed by atoms with Gasteiger partial charge in [0.25, 0.3) is 5.89 Å². The van der Waals surface area contributed by atoms with E-state index < -0.39 is 0 Å². The molecular weight excluding hydrogens is 254 g/mol. The lowest BCUT2D eigenvalue weighted by Crippen LogP contribution is -2.25. The minimum atomic E-state index is -0.368. The van der Waals surface area contributed by atoms with E-state index in [1.165, 1.54) is 0 Å². The van der Waals surface area contributed by atoms with Gasteiger partial charge in [0.2, 0.25) is 5.82 Å². The summed E-state index contributed by atoms with van der Waals surface area (Å²) in [6.07, 6.45) is 4.18. The lowest BCUT2D eigenvalue weighted by Gasteiger charge is -2.22. The van der Waals surface area contributed by atoms with Gasteiger partial charge in [0.05, 0.1) is 0 Å². The summed E-state index contributed by atoms with van der Waals surface area (Å²) in [6.45, 7) is 0.497. The van der Waals surface area contributed by atoms with Crippen molar-refractivity contribution in [2.75, 3.05) is 7.11 Å². The van der Waals surface area contributed by atoms with Gasteiger partial charge in [-0.3, -0.25) is 0 Å². The Labute approximate surface area is 118 Å². The van der Waals surface area contributed by atoms with Crippen molar-refractivity contribution in [2.24, 2.45) is 5.73 Å². The maximum atomic E-state index is 5.67. The quantitative estimate of drug-likeness (QED) is 0.926. The molecule has 0 bridgehead atoms. The van der Waals surface area contributed by atoms with Crippen LogP contribution in [0.2, 0.25) is 0 Å². The van der Waals surface area contributed by atoms with Crippen molar-refractivity contribution in [3.8, 4) is 11.5 Å². The third-order valence-corrected chi connectivity index (χ3v) is 4.05. The monoisotopic (exact) mass is 273 g/mol. The maximum absolute atomic E-state index is 5.67. The zero-order chi connectivity index (χ0) is 14.0. The molecule has 1 fully saturated rings. The van der Waals surface area contributed by atoms with Gasteiger partial charge < -0.3 is 15.0 Å². The molecule has 20 heavy (non-hydrogen) atoms. The van der Waals surface area contributed by atoms with Crippen LogP contribution in [0.1, 0.15) is 37.1 Å². The summed E-state index contributed by atoms with van der Waals surface area (Å²) in [7, 11) is 1.72. The predicted octanol–water partition coefficient (Wildman–Crippen LogP) is 2.61. The molecule has 106 valence electrons. The van der Waals surface area contributed by atoms with Gasteiger partial charge in [-0.15, -0.1) is 0 Å². The minimum absolute atomic E-state index is 0.368. The largest absolute Gasteiger partial charge is 0.370 e. The molecule has 3 rings (SSSR count). The SMILES string of the molecule is COC1(c2noc(-c3cccc(CN)c3)n2)CCCC1. The molecule has 1 aliphatic carbocycles. The Balaban J connectivity index is 1.93. The molecular formula is C15H19N3O2. The van der Waals surface area contributed by atoms with Gasteiger partial charge in [-0.1, -0.05) is 17.3 Å². The van der Waals surface area contributed by atoms with Crippen LogP contribution in [-0.4, -0.2) is 17.3 Å². The fourth-order valence-corrected chi connectivity index (χ4v) is 2.82. The maximum Gasteiger partial charge on any atom is 0.258 e. The van der Waals surface area contributed by atoms with Crippen molar-refractivity contribution in [1.29, 1.82) is 0 Å². The highest BCUT2D eigenvalue weighted by Crippen LogP contribution is 2.40. The average Bonchev–Trinajstić information content (AvgIpc) is 3.17. The first-order valence-electron chi connectivity index (χ1n) is 6.96. The Morgan fingerprint density at radius 1 is 1.35 bits per heavy atom. The predicted molar refractivity (Wildman–Crippen MR) is 74.8 cm³/mol. The van der Waals surface area contributed by atoms with Crippen LogP contribution in [0.15, 0.2) is 28.8 Å². The van der Waals surface area contributed by atoms with Gasteiger partial charge in [0, 0.05) is 19.2 Å². The highest BCUT2D eigenvalue weighted by Gasteiger charge is 2.40. The van der Waals surface area contributed by atoms with E-state index in [4.69, 9.17) is 15.0 Å². The number of ether oxygens (including phenoxy) is 1. The van der Waals surface area contributed by atoms with Gasteiger partial charge >= 0.3 is 0 Å². The topological polar surface area (TPSA) is 74.2 Å². The van der Waals surface area contributed by atoms with E-state index in [1.54, 1.807) is 7.11 Å². The first-order valence-corrected chi connectivity index (χ1v) is 6.96. The van der Waals surface area contributed by atoms with Gasteiger partial charge in [0.15, 0.2) is 0 Å². The van der Waals surface area contributed by atoms with Crippen LogP contribution in [-0.2, 0) is 16.9 Å². The fraction of sp³-hybridized carbons (Fsp3) is 0.467. The van der Waals surface area contributed by atoms with E-state index in [0.717, 1.165) is 36.8 Å². The number of benzene rings is 1. The average molecular weight is 273 g/mol. The number of methoxy groups -OCH3 is 1. The van der Waals surface area contributed by atoms with Gasteiger partial charge in [-0.05, 0) is 43.4 Å². The Morgan fingerprint density at radius 2 is 2.15 bits per heavy atom. The van der Waals surface area contributed by atoms with E-state index in [1.807, 2.05) is 24.3 Å². The molecule has 1 heterocycles. The molecule has 5 heteroatoms. The molecule has 0 atom stereocenters. The smallest absolute Gasteiger partial charge is 0.258 e. The molecule has 0 radical (unpaired) electrons. The Kier molecular flexibility index (Phi) is 3.54. The molecule has 5 nitrogen and oxygen atoms in total. The number of nitrogens with two attached hydrogens (primary N) is 1. The van der Waals surface area contributed by atoms with Crippen molar-refractivity contribution < 1.29 is 9.26 Å². The molecule has 0 spiro atoms. The second-order valence-electron chi connectivity index (χ2n) is 5.23. The number of rotatable bonds is 4. The number of aromatic nitrogens is 2. The molecule has 2 N–H and O–H groups in total. The van der Waals surface area contributed by atoms with Crippen molar-refractivity contribution >= 4 is 0 Å². The molecule has 0 unspecified atom stereocenters. The number of hydrogen-bond acceptors (Lipinski definition) is 5. The first kappa shape index (κ1) is 13.3. The van der Waals surface area contributed by atoms with Crippen LogP contribution in [0.25, 0.3) is 11.5 Å². The van der Waals surface area contributed by atoms with Gasteiger partial charge in [-0.2, -0.15) is 4.98 Å². The zero-order valence-corrected chi connectivity index (χ0v) is 11.6. The summed E-state index contributed by atoms with van der Waals surface area (Å²) in [5.41, 5.74) is 7.23. The summed E-state index contributed by atoms with van der Waals surface area (Å²) in [4.78, 5) is 4.54. The molecule has 1 aromatic heterocycles.